The van der Waals surface area contributed by atoms with Crippen LogP contribution in [0.25, 0.3) is 0 Å². The molecular weight excluding hydrogens is 324 g/mol. The van der Waals surface area contributed by atoms with E-state index in [9.17, 15) is 4.79 Å². The zero-order valence-electron chi connectivity index (χ0n) is 14.5. The summed E-state index contributed by atoms with van der Waals surface area (Å²) in [6.45, 7) is 2.84. The first-order chi connectivity index (χ1) is 11.8. The van der Waals surface area contributed by atoms with Gasteiger partial charge in [0, 0.05) is 12.5 Å². The highest BCUT2D eigenvalue weighted by Gasteiger charge is 2.32. The van der Waals surface area contributed by atoms with Gasteiger partial charge in [0.2, 0.25) is 11.8 Å². The number of hydrogen-bond acceptors (Lipinski definition) is 6. The van der Waals surface area contributed by atoms with Crippen LogP contribution in [0.1, 0.15) is 56.7 Å². The normalized spacial score (nSPS) is 24.5. The Morgan fingerprint density at radius 3 is 3.08 bits per heavy atom. The molecule has 0 spiro atoms. The van der Waals surface area contributed by atoms with E-state index < -0.39 is 0 Å². The van der Waals surface area contributed by atoms with Crippen molar-refractivity contribution in [3.8, 4) is 0 Å². The van der Waals surface area contributed by atoms with Crippen molar-refractivity contribution in [3.05, 3.63) is 11.7 Å². The SMILES string of the molecule is CSCc1noc(CNC(=O)CC[C@@H]2CCCN3CCCC[C@H]23)n1. The zero-order valence-corrected chi connectivity index (χ0v) is 15.3. The second-order valence-electron chi connectivity index (χ2n) is 6.85. The van der Waals surface area contributed by atoms with Crippen LogP contribution in [0.3, 0.4) is 0 Å². The lowest BCUT2D eigenvalue weighted by molar-refractivity contribution is -0.121. The standard InChI is InChI=1S/C17H28N4O2S/c1-24-12-15-19-17(23-20-15)11-18-16(22)8-7-13-5-4-10-21-9-3-2-6-14(13)21/h13-14H,2-12H2,1H3,(H,18,22)/t13-,14+/m0/s1. The molecule has 0 aliphatic carbocycles. The molecule has 3 heterocycles. The first kappa shape index (κ1) is 17.7. The van der Waals surface area contributed by atoms with Gasteiger partial charge in [-0.3, -0.25) is 4.79 Å². The highest BCUT2D eigenvalue weighted by Crippen LogP contribution is 2.33. The van der Waals surface area contributed by atoms with Crippen molar-refractivity contribution in [2.75, 3.05) is 19.3 Å². The van der Waals surface area contributed by atoms with Crippen molar-refractivity contribution in [2.24, 2.45) is 5.92 Å². The Bertz CT molecular complexity index is 534. The van der Waals surface area contributed by atoms with Crippen LogP contribution in [0.5, 0.6) is 0 Å². The molecule has 3 rings (SSSR count). The third kappa shape index (κ3) is 4.72. The predicted molar refractivity (Wildman–Crippen MR) is 94.5 cm³/mol. The summed E-state index contributed by atoms with van der Waals surface area (Å²) in [6.07, 6.45) is 10.1. The minimum Gasteiger partial charge on any atom is -0.347 e. The van der Waals surface area contributed by atoms with Crippen LogP contribution in [-0.4, -0.2) is 46.3 Å². The monoisotopic (exact) mass is 352 g/mol. The number of aromatic nitrogens is 2. The number of fused-ring (bicyclic) bond motifs is 1. The summed E-state index contributed by atoms with van der Waals surface area (Å²) in [7, 11) is 0. The minimum absolute atomic E-state index is 0.0903. The van der Waals surface area contributed by atoms with Crippen molar-refractivity contribution >= 4 is 17.7 Å². The van der Waals surface area contributed by atoms with E-state index in [-0.39, 0.29) is 5.91 Å². The Morgan fingerprint density at radius 2 is 2.21 bits per heavy atom. The predicted octanol–water partition coefficient (Wildman–Crippen LogP) is 2.59. The number of piperidine rings is 2. The highest BCUT2D eigenvalue weighted by atomic mass is 32.2. The molecule has 0 radical (unpaired) electrons. The van der Waals surface area contributed by atoms with Gasteiger partial charge in [-0.2, -0.15) is 16.7 Å². The second-order valence-corrected chi connectivity index (χ2v) is 7.72. The molecule has 0 bridgehead atoms. The number of thioether (sulfide) groups is 1. The zero-order chi connectivity index (χ0) is 16.8. The van der Waals surface area contributed by atoms with Gasteiger partial charge in [0.25, 0.3) is 0 Å². The summed E-state index contributed by atoms with van der Waals surface area (Å²) < 4.78 is 5.14. The van der Waals surface area contributed by atoms with Crippen LogP contribution in [0.15, 0.2) is 4.52 Å². The minimum atomic E-state index is 0.0903. The number of rotatable bonds is 7. The van der Waals surface area contributed by atoms with Crippen LogP contribution in [0.2, 0.25) is 0 Å². The molecule has 0 unspecified atom stereocenters. The van der Waals surface area contributed by atoms with Gasteiger partial charge < -0.3 is 14.7 Å². The number of nitrogens with one attached hydrogen (secondary N) is 1. The molecule has 1 N–H and O–H groups in total. The van der Waals surface area contributed by atoms with Gasteiger partial charge in [0.15, 0.2) is 5.82 Å². The summed E-state index contributed by atoms with van der Waals surface area (Å²) in [5.74, 6) is 2.68. The molecule has 2 saturated heterocycles. The average molecular weight is 353 g/mol. The fourth-order valence-corrected chi connectivity index (χ4v) is 4.42. The van der Waals surface area contributed by atoms with E-state index in [4.69, 9.17) is 4.52 Å². The molecule has 134 valence electrons. The molecule has 1 aromatic rings. The maximum Gasteiger partial charge on any atom is 0.246 e. The van der Waals surface area contributed by atoms with Crippen LogP contribution < -0.4 is 5.32 Å². The van der Waals surface area contributed by atoms with Crippen molar-refractivity contribution in [1.82, 2.24) is 20.4 Å². The van der Waals surface area contributed by atoms with E-state index >= 15 is 0 Å². The molecule has 24 heavy (non-hydrogen) atoms. The third-order valence-corrected chi connectivity index (χ3v) is 5.74. The van der Waals surface area contributed by atoms with Crippen molar-refractivity contribution < 1.29 is 9.32 Å². The van der Waals surface area contributed by atoms with Gasteiger partial charge >= 0.3 is 0 Å². The lowest BCUT2D eigenvalue weighted by Gasteiger charge is -2.44. The summed E-state index contributed by atoms with van der Waals surface area (Å²) in [6, 6.07) is 0.713. The second kappa shape index (κ2) is 8.85. The lowest BCUT2D eigenvalue weighted by atomic mass is 9.81. The molecule has 7 heteroatoms. The average Bonchev–Trinajstić information content (AvgIpc) is 3.06. The van der Waals surface area contributed by atoms with Gasteiger partial charge in [-0.1, -0.05) is 11.6 Å². The van der Waals surface area contributed by atoms with Gasteiger partial charge in [-0.25, -0.2) is 0 Å². The first-order valence-corrected chi connectivity index (χ1v) is 10.5. The van der Waals surface area contributed by atoms with E-state index in [1.54, 1.807) is 11.8 Å². The number of carbonyl (C=O) groups excluding carboxylic acids is 1. The maximum atomic E-state index is 12.1. The first-order valence-electron chi connectivity index (χ1n) is 9.07. The topological polar surface area (TPSA) is 71.3 Å². The molecule has 1 amide bonds. The van der Waals surface area contributed by atoms with Gasteiger partial charge in [0.05, 0.1) is 12.3 Å². The van der Waals surface area contributed by atoms with Crippen molar-refractivity contribution in [3.63, 3.8) is 0 Å². The summed E-state index contributed by atoms with van der Waals surface area (Å²) in [5, 5.41) is 6.80. The highest BCUT2D eigenvalue weighted by molar-refractivity contribution is 7.97. The molecule has 0 saturated carbocycles. The van der Waals surface area contributed by atoms with Crippen LogP contribution in [0.4, 0.5) is 0 Å². The maximum absolute atomic E-state index is 12.1. The Labute approximate surface area is 148 Å². The Hall–Kier alpha value is -1.08. The summed E-state index contributed by atoms with van der Waals surface area (Å²) >= 11 is 1.65. The molecule has 2 aliphatic rings. The third-order valence-electron chi connectivity index (χ3n) is 5.19. The van der Waals surface area contributed by atoms with Gasteiger partial charge in [-0.05, 0) is 57.4 Å². The molecule has 1 aromatic heterocycles. The summed E-state index contributed by atoms with van der Waals surface area (Å²) in [5.41, 5.74) is 0. The number of carbonyl (C=O) groups is 1. The van der Waals surface area contributed by atoms with E-state index in [0.717, 1.165) is 12.2 Å². The number of nitrogens with zero attached hydrogens (tertiary/aromatic N) is 3. The van der Waals surface area contributed by atoms with E-state index in [1.165, 1.54) is 45.2 Å². The number of hydrogen-bond donors (Lipinski definition) is 1. The summed E-state index contributed by atoms with van der Waals surface area (Å²) in [4.78, 5) is 19.0. The Morgan fingerprint density at radius 1 is 1.33 bits per heavy atom. The van der Waals surface area contributed by atoms with E-state index in [1.807, 2.05) is 6.26 Å². The van der Waals surface area contributed by atoms with Gasteiger partial charge in [-0.15, -0.1) is 0 Å². The molecule has 2 aliphatic heterocycles. The molecule has 2 atom stereocenters. The van der Waals surface area contributed by atoms with Crippen molar-refractivity contribution in [2.45, 2.75) is 63.3 Å². The quantitative estimate of drug-likeness (QED) is 0.813. The lowest BCUT2D eigenvalue weighted by Crippen LogP contribution is -2.48. The van der Waals surface area contributed by atoms with E-state index in [0.29, 0.717) is 36.6 Å². The van der Waals surface area contributed by atoms with Crippen LogP contribution in [0, 0.1) is 5.92 Å². The fourth-order valence-electron chi connectivity index (χ4n) is 4.04. The fraction of sp³-hybridized carbons (Fsp3) is 0.824. The Kier molecular flexibility index (Phi) is 6.54. The smallest absolute Gasteiger partial charge is 0.246 e. The molecular formula is C17H28N4O2S. The largest absolute Gasteiger partial charge is 0.347 e. The van der Waals surface area contributed by atoms with Crippen LogP contribution in [-0.2, 0) is 17.1 Å². The van der Waals surface area contributed by atoms with Crippen LogP contribution >= 0.6 is 11.8 Å². The molecule has 0 aromatic carbocycles. The number of amides is 1. The van der Waals surface area contributed by atoms with E-state index in [2.05, 4.69) is 20.4 Å². The Balaban J connectivity index is 1.40. The molecule has 2 fully saturated rings. The van der Waals surface area contributed by atoms with Gasteiger partial charge in [0.1, 0.15) is 0 Å². The molecule has 6 nitrogen and oxygen atoms in total. The van der Waals surface area contributed by atoms with Crippen molar-refractivity contribution in [1.29, 1.82) is 0 Å².